The summed E-state index contributed by atoms with van der Waals surface area (Å²) < 4.78 is 11.1. The Bertz CT molecular complexity index is 638. The first-order valence-electron chi connectivity index (χ1n) is 6.36. The summed E-state index contributed by atoms with van der Waals surface area (Å²) in [5, 5.41) is 0.988. The quantitative estimate of drug-likeness (QED) is 0.763. The largest absolute Gasteiger partial charge is 0.483 e. The van der Waals surface area contributed by atoms with Crippen molar-refractivity contribution in [3.63, 3.8) is 0 Å². The number of ketones is 1. The van der Waals surface area contributed by atoms with Crippen LogP contribution in [-0.2, 0) is 4.79 Å². The number of ether oxygens (including phenoxy) is 2. The lowest BCUT2D eigenvalue weighted by Gasteiger charge is -2.12. The second-order valence-electron chi connectivity index (χ2n) is 4.52. The van der Waals surface area contributed by atoms with Crippen LogP contribution >= 0.6 is 23.2 Å². The minimum absolute atomic E-state index is 0.0247. The average Bonchev–Trinajstić information content (AvgIpc) is 2.43. The summed E-state index contributed by atoms with van der Waals surface area (Å²) in [6.45, 7) is 3.20. The van der Waals surface area contributed by atoms with Gasteiger partial charge in [0.2, 0.25) is 0 Å². The molecule has 1 atom stereocenters. The lowest BCUT2D eigenvalue weighted by Crippen LogP contribution is -2.20. The molecule has 3 nitrogen and oxygen atoms in total. The van der Waals surface area contributed by atoms with Crippen molar-refractivity contribution >= 4 is 29.0 Å². The second kappa shape index (κ2) is 6.83. The van der Waals surface area contributed by atoms with Gasteiger partial charge in [-0.2, -0.15) is 0 Å². The van der Waals surface area contributed by atoms with Crippen molar-refractivity contribution in [2.24, 2.45) is 0 Å². The van der Waals surface area contributed by atoms with Crippen LogP contribution < -0.4 is 9.47 Å². The summed E-state index contributed by atoms with van der Waals surface area (Å²) >= 11 is 11.9. The molecule has 0 aliphatic rings. The highest BCUT2D eigenvalue weighted by Crippen LogP contribution is 2.32. The standard InChI is InChI=1S/C16H14Cl2O3/c1-10(19)11(2)20-13-4-6-14(7-5-13)21-16-8-3-12(17)9-15(16)18/h3-9,11H,1-2H3. The fraction of sp³-hybridized carbons (Fsp3) is 0.188. The van der Waals surface area contributed by atoms with Gasteiger partial charge in [0, 0.05) is 5.02 Å². The van der Waals surface area contributed by atoms with E-state index in [1.807, 2.05) is 0 Å². The summed E-state index contributed by atoms with van der Waals surface area (Å²) in [6.07, 6.45) is -0.470. The molecule has 5 heteroatoms. The first kappa shape index (κ1) is 15.7. The molecule has 0 aliphatic heterocycles. The minimum Gasteiger partial charge on any atom is -0.483 e. The molecular weight excluding hydrogens is 311 g/mol. The van der Waals surface area contributed by atoms with Crippen molar-refractivity contribution in [1.29, 1.82) is 0 Å². The molecule has 0 fully saturated rings. The summed E-state index contributed by atoms with van der Waals surface area (Å²) in [6, 6.07) is 12.0. The maximum atomic E-state index is 11.1. The average molecular weight is 325 g/mol. The fourth-order valence-corrected chi connectivity index (χ4v) is 2.01. The Labute approximate surface area is 133 Å². The SMILES string of the molecule is CC(=O)C(C)Oc1ccc(Oc2ccc(Cl)cc2Cl)cc1. The van der Waals surface area contributed by atoms with Gasteiger partial charge in [0.25, 0.3) is 0 Å². The van der Waals surface area contributed by atoms with E-state index in [0.717, 1.165) is 0 Å². The first-order valence-corrected chi connectivity index (χ1v) is 7.11. The molecule has 2 aromatic rings. The second-order valence-corrected chi connectivity index (χ2v) is 5.36. The molecular formula is C16H14Cl2O3. The van der Waals surface area contributed by atoms with Crippen LogP contribution in [0.2, 0.25) is 10.0 Å². The number of carbonyl (C=O) groups is 1. The molecule has 0 saturated heterocycles. The van der Waals surface area contributed by atoms with Gasteiger partial charge in [0.1, 0.15) is 17.2 Å². The summed E-state index contributed by atoms with van der Waals surface area (Å²) in [7, 11) is 0. The topological polar surface area (TPSA) is 35.5 Å². The molecule has 0 spiro atoms. The van der Waals surface area contributed by atoms with E-state index in [1.54, 1.807) is 49.4 Å². The maximum absolute atomic E-state index is 11.1. The van der Waals surface area contributed by atoms with Crippen molar-refractivity contribution < 1.29 is 14.3 Å². The molecule has 2 rings (SSSR count). The Balaban J connectivity index is 2.07. The maximum Gasteiger partial charge on any atom is 0.169 e. The van der Waals surface area contributed by atoms with Crippen LogP contribution in [0.15, 0.2) is 42.5 Å². The fourth-order valence-electron chi connectivity index (χ4n) is 1.56. The van der Waals surface area contributed by atoms with E-state index in [0.29, 0.717) is 27.3 Å². The van der Waals surface area contributed by atoms with Crippen LogP contribution in [0.4, 0.5) is 0 Å². The Morgan fingerprint density at radius 2 is 1.67 bits per heavy atom. The normalized spacial score (nSPS) is 11.8. The highest BCUT2D eigenvalue weighted by atomic mass is 35.5. The van der Waals surface area contributed by atoms with Crippen molar-refractivity contribution in [2.45, 2.75) is 20.0 Å². The van der Waals surface area contributed by atoms with Crippen LogP contribution in [0.1, 0.15) is 13.8 Å². The molecule has 110 valence electrons. The van der Waals surface area contributed by atoms with Gasteiger partial charge in [-0.05, 0) is 56.3 Å². The van der Waals surface area contributed by atoms with Crippen LogP contribution in [0.25, 0.3) is 0 Å². The lowest BCUT2D eigenvalue weighted by molar-refractivity contribution is -0.122. The third kappa shape index (κ3) is 4.38. The monoisotopic (exact) mass is 324 g/mol. The molecule has 0 bridgehead atoms. The first-order chi connectivity index (χ1) is 9.95. The summed E-state index contributed by atoms with van der Waals surface area (Å²) in [5.74, 6) is 1.71. The predicted molar refractivity (Wildman–Crippen MR) is 83.7 cm³/mol. The van der Waals surface area contributed by atoms with Crippen molar-refractivity contribution in [1.82, 2.24) is 0 Å². The van der Waals surface area contributed by atoms with Crippen molar-refractivity contribution in [2.75, 3.05) is 0 Å². The van der Waals surface area contributed by atoms with Gasteiger partial charge in [-0.15, -0.1) is 0 Å². The van der Waals surface area contributed by atoms with Crippen LogP contribution in [0.5, 0.6) is 17.2 Å². The molecule has 0 aromatic heterocycles. The molecule has 2 aromatic carbocycles. The van der Waals surface area contributed by atoms with Gasteiger partial charge in [-0.1, -0.05) is 23.2 Å². The van der Waals surface area contributed by atoms with Crippen LogP contribution in [-0.4, -0.2) is 11.9 Å². The zero-order valence-corrected chi connectivity index (χ0v) is 13.1. The third-order valence-corrected chi connectivity index (χ3v) is 3.36. The van der Waals surface area contributed by atoms with Crippen molar-refractivity contribution in [3.8, 4) is 17.2 Å². The van der Waals surface area contributed by atoms with Crippen LogP contribution in [0, 0.1) is 0 Å². The van der Waals surface area contributed by atoms with Gasteiger partial charge in [-0.25, -0.2) is 0 Å². The van der Waals surface area contributed by atoms with E-state index in [9.17, 15) is 4.79 Å². The Hall–Kier alpha value is -1.71. The Kier molecular flexibility index (Phi) is 5.10. The summed E-state index contributed by atoms with van der Waals surface area (Å²) in [5.41, 5.74) is 0. The van der Waals surface area contributed by atoms with Crippen LogP contribution in [0.3, 0.4) is 0 Å². The van der Waals surface area contributed by atoms with E-state index < -0.39 is 6.10 Å². The zero-order valence-electron chi connectivity index (χ0n) is 11.6. The smallest absolute Gasteiger partial charge is 0.169 e. The minimum atomic E-state index is -0.470. The molecule has 0 aliphatic carbocycles. The number of hydrogen-bond donors (Lipinski definition) is 0. The Morgan fingerprint density at radius 3 is 2.24 bits per heavy atom. The van der Waals surface area contributed by atoms with Gasteiger partial charge in [0.15, 0.2) is 11.9 Å². The van der Waals surface area contributed by atoms with E-state index in [2.05, 4.69) is 0 Å². The molecule has 1 unspecified atom stereocenters. The number of hydrogen-bond acceptors (Lipinski definition) is 3. The molecule has 0 amide bonds. The highest BCUT2D eigenvalue weighted by molar-refractivity contribution is 6.35. The molecule has 0 N–H and O–H groups in total. The highest BCUT2D eigenvalue weighted by Gasteiger charge is 2.09. The molecule has 21 heavy (non-hydrogen) atoms. The number of rotatable bonds is 5. The number of Topliss-reactive ketones (excluding diaryl/α,β-unsaturated/α-hetero) is 1. The lowest BCUT2D eigenvalue weighted by atomic mass is 10.2. The number of carbonyl (C=O) groups excluding carboxylic acids is 1. The van der Waals surface area contributed by atoms with Gasteiger partial charge in [0.05, 0.1) is 5.02 Å². The van der Waals surface area contributed by atoms with E-state index in [4.69, 9.17) is 32.7 Å². The molecule has 0 heterocycles. The number of halogens is 2. The van der Waals surface area contributed by atoms with Gasteiger partial charge < -0.3 is 9.47 Å². The predicted octanol–water partition coefficient (Wildman–Crippen LogP) is 5.14. The van der Waals surface area contributed by atoms with Gasteiger partial charge in [-0.3, -0.25) is 4.79 Å². The van der Waals surface area contributed by atoms with E-state index in [-0.39, 0.29) is 5.78 Å². The van der Waals surface area contributed by atoms with Crippen molar-refractivity contribution in [3.05, 3.63) is 52.5 Å². The summed E-state index contributed by atoms with van der Waals surface area (Å²) in [4.78, 5) is 11.1. The van der Waals surface area contributed by atoms with E-state index >= 15 is 0 Å². The molecule has 0 radical (unpaired) electrons. The number of benzene rings is 2. The third-order valence-electron chi connectivity index (χ3n) is 2.83. The van der Waals surface area contributed by atoms with Gasteiger partial charge >= 0.3 is 0 Å². The Morgan fingerprint density at radius 1 is 1.05 bits per heavy atom. The molecule has 0 saturated carbocycles. The zero-order chi connectivity index (χ0) is 15.4. The van der Waals surface area contributed by atoms with E-state index in [1.165, 1.54) is 6.92 Å².